The van der Waals surface area contributed by atoms with E-state index in [1.54, 1.807) is 28.6 Å². The van der Waals surface area contributed by atoms with E-state index >= 15 is 0 Å². The van der Waals surface area contributed by atoms with E-state index in [4.69, 9.17) is 9.72 Å². The summed E-state index contributed by atoms with van der Waals surface area (Å²) in [5.74, 6) is 7.46. The number of amides is 1. The summed E-state index contributed by atoms with van der Waals surface area (Å²) in [6, 6.07) is 11.3. The van der Waals surface area contributed by atoms with Crippen LogP contribution >= 0.6 is 0 Å². The molecule has 1 amide bonds. The van der Waals surface area contributed by atoms with E-state index in [9.17, 15) is 13.6 Å². The molecule has 1 saturated carbocycles. The largest absolute Gasteiger partial charge is 0.433 e. The summed E-state index contributed by atoms with van der Waals surface area (Å²) >= 11 is 0. The number of carbonyl (C=O) groups excluding carboxylic acids is 1. The van der Waals surface area contributed by atoms with Crippen molar-refractivity contribution in [3.8, 4) is 23.3 Å². The van der Waals surface area contributed by atoms with Crippen molar-refractivity contribution in [1.82, 2.24) is 24.3 Å². The van der Waals surface area contributed by atoms with Gasteiger partial charge in [0, 0.05) is 31.1 Å². The molecule has 3 aliphatic rings. The lowest BCUT2D eigenvalue weighted by atomic mass is 10.1. The van der Waals surface area contributed by atoms with Crippen molar-refractivity contribution in [1.29, 1.82) is 0 Å². The Balaban J connectivity index is 1.48. The van der Waals surface area contributed by atoms with Crippen LogP contribution in [0.4, 0.5) is 8.78 Å². The Morgan fingerprint density at radius 2 is 2.03 bits per heavy atom. The maximum Gasteiger partial charge on any atom is 0.387 e. The second-order valence-electron chi connectivity index (χ2n) is 10.4. The number of alkyl halides is 2. The average Bonchev–Trinajstić information content (AvgIpc) is 3.53. The molecule has 0 spiro atoms. The highest BCUT2D eigenvalue weighted by atomic mass is 19.3. The van der Waals surface area contributed by atoms with Crippen LogP contribution in [0.15, 0.2) is 36.4 Å². The molecule has 198 valence electrons. The highest BCUT2D eigenvalue weighted by Gasteiger charge is 2.34. The number of fused-ring (bicyclic) bond motifs is 5. The zero-order valence-electron chi connectivity index (χ0n) is 21.7. The molecule has 2 fully saturated rings. The molecule has 1 unspecified atom stereocenters. The summed E-state index contributed by atoms with van der Waals surface area (Å²) in [5.41, 5.74) is 2.81. The molecule has 1 atom stereocenters. The third-order valence-corrected chi connectivity index (χ3v) is 7.67. The quantitative estimate of drug-likeness (QED) is 0.481. The fourth-order valence-corrected chi connectivity index (χ4v) is 5.57. The fraction of sp³-hybridized carbons (Fsp3) is 0.448. The Bertz CT molecular complexity index is 1440. The molecule has 3 aromatic rings. The Labute approximate surface area is 221 Å². The van der Waals surface area contributed by atoms with Crippen molar-refractivity contribution in [3.05, 3.63) is 53.3 Å². The van der Waals surface area contributed by atoms with Crippen molar-refractivity contribution >= 4 is 16.9 Å². The Hall–Kier alpha value is -3.48. The fourth-order valence-electron chi connectivity index (χ4n) is 5.57. The summed E-state index contributed by atoms with van der Waals surface area (Å²) in [6.45, 7) is 2.62. The van der Waals surface area contributed by atoms with E-state index in [0.29, 0.717) is 42.5 Å². The molecule has 3 heterocycles. The molecule has 0 N–H and O–H groups in total. The summed E-state index contributed by atoms with van der Waals surface area (Å²) in [7, 11) is 1.71. The van der Waals surface area contributed by atoms with Crippen LogP contribution in [0.1, 0.15) is 47.9 Å². The molecule has 1 aromatic heterocycles. The number of likely N-dealkylation sites (tertiary alicyclic amines) is 1. The number of imidazole rings is 1. The van der Waals surface area contributed by atoms with Crippen LogP contribution in [0.2, 0.25) is 0 Å². The second kappa shape index (κ2) is 10.0. The van der Waals surface area contributed by atoms with E-state index in [1.165, 1.54) is 18.9 Å². The molecule has 9 heteroatoms. The van der Waals surface area contributed by atoms with Crippen LogP contribution in [0.5, 0.6) is 5.75 Å². The van der Waals surface area contributed by atoms with Gasteiger partial charge in [-0.25, -0.2) is 4.98 Å². The average molecular weight is 520 g/mol. The Morgan fingerprint density at radius 3 is 2.79 bits per heavy atom. The first-order valence-electron chi connectivity index (χ1n) is 13.2. The van der Waals surface area contributed by atoms with Gasteiger partial charge in [0.15, 0.2) is 5.75 Å². The minimum Gasteiger partial charge on any atom is -0.433 e. The number of rotatable bonds is 4. The molecule has 2 aromatic carbocycles. The minimum absolute atomic E-state index is 0.0626. The first-order valence-corrected chi connectivity index (χ1v) is 13.2. The zero-order chi connectivity index (χ0) is 26.4. The predicted molar refractivity (Wildman–Crippen MR) is 140 cm³/mol. The third-order valence-electron chi connectivity index (χ3n) is 7.67. The van der Waals surface area contributed by atoms with Crippen LogP contribution in [0.3, 0.4) is 0 Å². The van der Waals surface area contributed by atoms with Gasteiger partial charge in [-0.3, -0.25) is 19.2 Å². The highest BCUT2D eigenvalue weighted by Crippen LogP contribution is 2.35. The van der Waals surface area contributed by atoms with Gasteiger partial charge in [-0.2, -0.15) is 8.78 Å². The van der Waals surface area contributed by atoms with Crippen molar-refractivity contribution < 1.29 is 18.3 Å². The second-order valence-corrected chi connectivity index (χ2v) is 10.4. The summed E-state index contributed by atoms with van der Waals surface area (Å²) in [6.07, 6.45) is 3.68. The van der Waals surface area contributed by atoms with E-state index in [1.807, 2.05) is 25.1 Å². The van der Waals surface area contributed by atoms with Crippen molar-refractivity contribution in [2.24, 2.45) is 5.92 Å². The summed E-state index contributed by atoms with van der Waals surface area (Å²) < 4.78 is 33.7. The Morgan fingerprint density at radius 1 is 1.18 bits per heavy atom. The number of hydrogen-bond donors (Lipinski definition) is 0. The number of nitrogens with zero attached hydrogens (tertiary/aromatic N) is 5. The summed E-state index contributed by atoms with van der Waals surface area (Å²) in [4.78, 5) is 24.6. The van der Waals surface area contributed by atoms with E-state index in [-0.39, 0.29) is 22.9 Å². The maximum atomic E-state index is 13.5. The van der Waals surface area contributed by atoms with Gasteiger partial charge in [-0.15, -0.1) is 0 Å². The van der Waals surface area contributed by atoms with Gasteiger partial charge in [0.1, 0.15) is 11.5 Å². The zero-order valence-corrected chi connectivity index (χ0v) is 21.7. The standard InChI is InChI=1S/C29H31F2N5O2/c1-3-34-17-26-32-23-12-9-19(7-8-20-13-14-35(16-20)21-10-11-21)15-24(23)36(26)27-22(28(37)33(2)18-34)5-4-6-25(27)38-29(30)31/h4-6,9,12,15,20-21,29H,3,10-11,13-14,16-18H2,1-2H3. The Kier molecular flexibility index (Phi) is 6.54. The van der Waals surface area contributed by atoms with Gasteiger partial charge in [0.25, 0.3) is 5.91 Å². The van der Waals surface area contributed by atoms with Gasteiger partial charge in [-0.1, -0.05) is 24.8 Å². The topological polar surface area (TPSA) is 53.8 Å². The first kappa shape index (κ1) is 24.8. The third kappa shape index (κ3) is 4.74. The van der Waals surface area contributed by atoms with Gasteiger partial charge < -0.3 is 9.64 Å². The lowest BCUT2D eigenvalue weighted by Gasteiger charge is -2.25. The maximum absolute atomic E-state index is 13.5. The molecule has 1 aliphatic carbocycles. The SMILES string of the molecule is CCN1Cc2nc3ccc(C#CC4CCN(C5CC5)C4)cc3n2-c2c(OC(F)F)cccc2C(=O)N(C)C1. The lowest BCUT2D eigenvalue weighted by Crippen LogP contribution is -2.38. The molecular formula is C29H31F2N5O2. The van der Waals surface area contributed by atoms with Crippen LogP contribution in [-0.2, 0) is 6.54 Å². The molecule has 38 heavy (non-hydrogen) atoms. The van der Waals surface area contributed by atoms with Crippen molar-refractivity contribution in [2.45, 2.75) is 45.4 Å². The van der Waals surface area contributed by atoms with Crippen molar-refractivity contribution in [2.75, 3.05) is 33.4 Å². The minimum atomic E-state index is -3.03. The number of hydrogen-bond acceptors (Lipinski definition) is 5. The molecule has 6 rings (SSSR count). The molecular weight excluding hydrogens is 488 g/mol. The van der Waals surface area contributed by atoms with Crippen LogP contribution in [0, 0.1) is 17.8 Å². The smallest absolute Gasteiger partial charge is 0.387 e. The van der Waals surface area contributed by atoms with Crippen molar-refractivity contribution in [3.63, 3.8) is 0 Å². The van der Waals surface area contributed by atoms with E-state index in [0.717, 1.165) is 31.1 Å². The van der Waals surface area contributed by atoms with Gasteiger partial charge in [0.05, 0.1) is 29.8 Å². The number of para-hydroxylation sites is 1. The van der Waals surface area contributed by atoms with Gasteiger partial charge >= 0.3 is 6.61 Å². The normalized spacial score (nSPS) is 20.5. The summed E-state index contributed by atoms with van der Waals surface area (Å²) in [5, 5.41) is 0. The van der Waals surface area contributed by atoms with Crippen LogP contribution < -0.4 is 4.74 Å². The molecule has 2 aliphatic heterocycles. The van der Waals surface area contributed by atoms with Crippen LogP contribution in [-0.4, -0.2) is 76.2 Å². The monoisotopic (exact) mass is 519 g/mol. The van der Waals surface area contributed by atoms with Gasteiger partial charge in [0.2, 0.25) is 0 Å². The van der Waals surface area contributed by atoms with E-state index in [2.05, 4.69) is 21.6 Å². The molecule has 7 nitrogen and oxygen atoms in total. The van der Waals surface area contributed by atoms with Crippen LogP contribution in [0.25, 0.3) is 16.7 Å². The number of carbonyl (C=O) groups is 1. The number of aromatic nitrogens is 2. The highest BCUT2D eigenvalue weighted by molar-refractivity contribution is 5.99. The molecule has 0 bridgehead atoms. The molecule has 1 saturated heterocycles. The lowest BCUT2D eigenvalue weighted by molar-refractivity contribution is -0.0499. The number of ether oxygens (including phenoxy) is 1. The molecule has 0 radical (unpaired) electrons. The van der Waals surface area contributed by atoms with Gasteiger partial charge in [-0.05, 0) is 62.7 Å². The first-order chi connectivity index (χ1) is 18.4. The number of benzene rings is 2. The predicted octanol–water partition coefficient (Wildman–Crippen LogP) is 4.33. The van der Waals surface area contributed by atoms with E-state index < -0.39 is 6.61 Å². The number of halogens is 2.